The lowest BCUT2D eigenvalue weighted by Crippen LogP contribution is -2.14. The summed E-state index contributed by atoms with van der Waals surface area (Å²) < 4.78 is 29.2. The minimum Gasteiger partial charge on any atom is -0.367 e. The van der Waals surface area contributed by atoms with Gasteiger partial charge in [0.1, 0.15) is 0 Å². The highest BCUT2D eigenvalue weighted by atomic mass is 31.3. The van der Waals surface area contributed by atoms with Crippen molar-refractivity contribution in [3.63, 3.8) is 0 Å². The minimum absolute atomic E-state index is 0.129. The summed E-state index contributed by atoms with van der Waals surface area (Å²) in [7, 11) is -10.2. The van der Waals surface area contributed by atoms with Crippen LogP contribution in [-0.4, -0.2) is 26.1 Å². The van der Waals surface area contributed by atoms with E-state index in [0.29, 0.717) is 5.56 Å². The molecular weight excluding hydrogens is 286 g/mol. The monoisotopic (exact) mass is 298 g/mol. The van der Waals surface area contributed by atoms with Gasteiger partial charge in [-0.05, 0) is 5.56 Å². The molecule has 0 radical (unpaired) electrons. The molecule has 0 saturated carbocycles. The normalized spacial score (nSPS) is 17.1. The van der Waals surface area contributed by atoms with Crippen molar-refractivity contribution in [1.82, 2.24) is 0 Å². The molecule has 102 valence electrons. The largest absolute Gasteiger partial charge is 0.483 e. The van der Waals surface area contributed by atoms with Gasteiger partial charge in [0.15, 0.2) is 6.29 Å². The van der Waals surface area contributed by atoms with Gasteiger partial charge < -0.3 is 19.8 Å². The molecule has 0 saturated heterocycles. The van der Waals surface area contributed by atoms with E-state index in [2.05, 4.69) is 8.83 Å². The summed E-state index contributed by atoms with van der Waals surface area (Å²) in [5, 5.41) is 9.35. The first kappa shape index (κ1) is 15.5. The van der Waals surface area contributed by atoms with Crippen LogP contribution in [-0.2, 0) is 24.4 Å². The number of hydrogen-bond acceptors (Lipinski definition) is 5. The fourth-order valence-corrected chi connectivity index (χ4v) is 2.77. The molecule has 0 bridgehead atoms. The van der Waals surface area contributed by atoms with Crippen molar-refractivity contribution in [3.05, 3.63) is 35.9 Å². The van der Waals surface area contributed by atoms with Crippen LogP contribution in [0, 0.1) is 0 Å². The van der Waals surface area contributed by atoms with Gasteiger partial charge in [-0.25, -0.2) is 9.13 Å². The third-order valence-corrected chi connectivity index (χ3v) is 3.90. The Balaban J connectivity index is 2.57. The number of phosphoric ester groups is 1. The van der Waals surface area contributed by atoms with Crippen molar-refractivity contribution in [3.8, 4) is 0 Å². The van der Waals surface area contributed by atoms with Gasteiger partial charge in [-0.3, -0.25) is 4.52 Å². The van der Waals surface area contributed by atoms with E-state index in [1.54, 1.807) is 30.3 Å². The predicted octanol–water partition coefficient (Wildman–Crippen LogP) is 0.774. The Bertz CT molecular complexity index is 469. The van der Waals surface area contributed by atoms with E-state index in [1.165, 1.54) is 0 Å². The van der Waals surface area contributed by atoms with Crippen molar-refractivity contribution in [2.75, 3.05) is 0 Å². The molecular formula is C8H12O8P2. The average Bonchev–Trinajstić information content (AvgIpc) is 2.13. The molecule has 2 atom stereocenters. The quantitative estimate of drug-likeness (QED) is 0.447. The van der Waals surface area contributed by atoms with Crippen molar-refractivity contribution < 1.29 is 37.8 Å². The average molecular weight is 298 g/mol. The number of benzene rings is 1. The summed E-state index contributed by atoms with van der Waals surface area (Å²) >= 11 is 0. The molecule has 0 heterocycles. The molecule has 1 aromatic rings. The molecule has 0 fully saturated rings. The lowest BCUT2D eigenvalue weighted by molar-refractivity contribution is -0.0344. The SMILES string of the molecule is O=P(O)(O)OP(=O)(O)OC(O)Cc1ccccc1. The third kappa shape index (κ3) is 6.39. The number of aliphatic hydroxyl groups is 1. The summed E-state index contributed by atoms with van der Waals surface area (Å²) in [6.45, 7) is 0. The Labute approximate surface area is 103 Å². The number of phosphoric acid groups is 2. The maximum absolute atomic E-state index is 11.1. The Morgan fingerprint density at radius 3 is 2.17 bits per heavy atom. The Morgan fingerprint density at radius 1 is 1.11 bits per heavy atom. The zero-order valence-electron chi connectivity index (χ0n) is 8.99. The van der Waals surface area contributed by atoms with Gasteiger partial charge >= 0.3 is 15.6 Å². The smallest absolute Gasteiger partial charge is 0.367 e. The van der Waals surface area contributed by atoms with Crippen LogP contribution in [0.2, 0.25) is 0 Å². The first-order chi connectivity index (χ1) is 8.18. The predicted molar refractivity (Wildman–Crippen MR) is 60.2 cm³/mol. The molecule has 0 aliphatic heterocycles. The van der Waals surface area contributed by atoms with Crippen molar-refractivity contribution in [2.45, 2.75) is 12.7 Å². The van der Waals surface area contributed by atoms with E-state index < -0.39 is 21.9 Å². The van der Waals surface area contributed by atoms with Gasteiger partial charge in [-0.15, -0.1) is 0 Å². The summed E-state index contributed by atoms with van der Waals surface area (Å²) in [6, 6.07) is 8.39. The molecule has 1 aromatic carbocycles. The van der Waals surface area contributed by atoms with E-state index in [9.17, 15) is 14.2 Å². The van der Waals surface area contributed by atoms with E-state index in [-0.39, 0.29) is 6.42 Å². The van der Waals surface area contributed by atoms with Crippen LogP contribution in [0.1, 0.15) is 5.56 Å². The topological polar surface area (TPSA) is 134 Å². The van der Waals surface area contributed by atoms with Crippen LogP contribution in [0.15, 0.2) is 30.3 Å². The second kappa shape index (κ2) is 6.06. The standard InChI is InChI=1S/C8H12O8P2/c9-8(6-7-4-2-1-3-5-7)15-18(13,14)16-17(10,11)12/h1-5,8-9H,6H2,(H,13,14)(H2,10,11,12). The molecule has 0 aliphatic carbocycles. The fraction of sp³-hybridized carbons (Fsp3) is 0.250. The molecule has 0 spiro atoms. The van der Waals surface area contributed by atoms with Crippen LogP contribution in [0.3, 0.4) is 0 Å². The van der Waals surface area contributed by atoms with Gasteiger partial charge in [-0.2, -0.15) is 4.31 Å². The molecule has 18 heavy (non-hydrogen) atoms. The molecule has 2 unspecified atom stereocenters. The molecule has 1 rings (SSSR count). The van der Waals surface area contributed by atoms with E-state index in [1.807, 2.05) is 0 Å². The maximum atomic E-state index is 11.1. The Hall–Kier alpha value is -0.560. The maximum Gasteiger partial charge on any atom is 0.483 e. The molecule has 0 aliphatic rings. The molecule has 0 aromatic heterocycles. The summed E-state index contributed by atoms with van der Waals surface area (Å²) in [6.07, 6.45) is -1.86. The highest BCUT2D eigenvalue weighted by molar-refractivity contribution is 7.60. The van der Waals surface area contributed by atoms with Gasteiger partial charge in [0.2, 0.25) is 0 Å². The zero-order chi connectivity index (χ0) is 13.8. The zero-order valence-corrected chi connectivity index (χ0v) is 10.8. The van der Waals surface area contributed by atoms with Gasteiger partial charge in [0, 0.05) is 6.42 Å². The second-order valence-corrected chi connectivity index (χ2v) is 6.07. The van der Waals surface area contributed by atoms with Gasteiger partial charge in [-0.1, -0.05) is 30.3 Å². The summed E-state index contributed by atoms with van der Waals surface area (Å²) in [5.41, 5.74) is 0.612. The summed E-state index contributed by atoms with van der Waals surface area (Å²) in [4.78, 5) is 25.7. The molecule has 10 heteroatoms. The first-order valence-electron chi connectivity index (χ1n) is 4.68. The summed E-state index contributed by atoms with van der Waals surface area (Å²) in [5.74, 6) is 0. The van der Waals surface area contributed by atoms with Crippen LogP contribution >= 0.6 is 15.6 Å². The number of rotatable bonds is 6. The fourth-order valence-electron chi connectivity index (χ4n) is 1.16. The van der Waals surface area contributed by atoms with E-state index in [4.69, 9.17) is 14.7 Å². The number of aliphatic hydroxyl groups excluding tert-OH is 1. The van der Waals surface area contributed by atoms with Gasteiger partial charge in [0.05, 0.1) is 0 Å². The Morgan fingerprint density at radius 2 is 1.67 bits per heavy atom. The van der Waals surface area contributed by atoms with Crippen LogP contribution in [0.5, 0.6) is 0 Å². The first-order valence-corrected chi connectivity index (χ1v) is 7.70. The van der Waals surface area contributed by atoms with Gasteiger partial charge in [0.25, 0.3) is 0 Å². The molecule has 8 nitrogen and oxygen atoms in total. The van der Waals surface area contributed by atoms with Crippen LogP contribution < -0.4 is 0 Å². The highest BCUT2D eigenvalue weighted by Gasteiger charge is 2.34. The van der Waals surface area contributed by atoms with Crippen molar-refractivity contribution in [2.24, 2.45) is 0 Å². The highest BCUT2D eigenvalue weighted by Crippen LogP contribution is 2.58. The van der Waals surface area contributed by atoms with Crippen LogP contribution in [0.25, 0.3) is 0 Å². The lowest BCUT2D eigenvalue weighted by atomic mass is 10.1. The van der Waals surface area contributed by atoms with E-state index >= 15 is 0 Å². The number of hydrogen-bond donors (Lipinski definition) is 4. The van der Waals surface area contributed by atoms with Crippen molar-refractivity contribution >= 4 is 15.6 Å². The minimum atomic E-state index is -5.18. The lowest BCUT2D eigenvalue weighted by Gasteiger charge is -2.16. The van der Waals surface area contributed by atoms with E-state index in [0.717, 1.165) is 0 Å². The molecule has 4 N–H and O–H groups in total. The van der Waals surface area contributed by atoms with Crippen LogP contribution in [0.4, 0.5) is 0 Å². The Kier molecular flexibility index (Phi) is 5.21. The molecule has 0 amide bonds. The van der Waals surface area contributed by atoms with Crippen molar-refractivity contribution in [1.29, 1.82) is 0 Å². The second-order valence-electron chi connectivity index (χ2n) is 3.29. The third-order valence-electron chi connectivity index (χ3n) is 1.72.